The Morgan fingerprint density at radius 1 is 0.941 bits per heavy atom. The fourth-order valence-corrected chi connectivity index (χ4v) is 4.02. The van der Waals surface area contributed by atoms with Crippen molar-refractivity contribution in [2.45, 2.75) is 10.6 Å². The van der Waals surface area contributed by atoms with Gasteiger partial charge >= 0.3 is 0 Å². The van der Waals surface area contributed by atoms with Crippen LogP contribution in [-0.2, 0) is 14.6 Å². The van der Waals surface area contributed by atoms with Crippen LogP contribution in [0.4, 0.5) is 0 Å². The smallest absolute Gasteiger partial charge is 0.210 e. The standard InChI is InChI=1S/C13H12O2S2/c14-17(15,11-12-7-3-1-4-8-12)16-13-9-5-2-6-10-13/h1-10H,11H2/i11D/t11-/m1/s1. The predicted octanol–water partition coefficient (Wildman–Crippen LogP) is 3.31. The van der Waals surface area contributed by atoms with Crippen molar-refractivity contribution in [3.05, 3.63) is 66.2 Å². The number of benzene rings is 2. The second-order valence-electron chi connectivity index (χ2n) is 3.42. The maximum atomic E-state index is 12.1. The van der Waals surface area contributed by atoms with Gasteiger partial charge in [-0.25, -0.2) is 8.42 Å². The molecule has 0 N–H and O–H groups in total. The summed E-state index contributed by atoms with van der Waals surface area (Å²) in [6.07, 6.45) is 0. The lowest BCUT2D eigenvalue weighted by Crippen LogP contribution is -1.98. The van der Waals surface area contributed by atoms with Crippen LogP contribution in [0, 0.1) is 0 Å². The quantitative estimate of drug-likeness (QED) is 0.795. The molecule has 17 heavy (non-hydrogen) atoms. The maximum Gasteiger partial charge on any atom is 0.210 e. The lowest BCUT2D eigenvalue weighted by atomic mass is 10.2. The Bertz CT molecular complexity index is 597. The van der Waals surface area contributed by atoms with Gasteiger partial charge in [-0.2, -0.15) is 0 Å². The van der Waals surface area contributed by atoms with E-state index in [0.29, 0.717) is 10.5 Å². The summed E-state index contributed by atoms with van der Waals surface area (Å²) in [6.45, 7) is 0. The Labute approximate surface area is 106 Å². The van der Waals surface area contributed by atoms with Crippen LogP contribution in [0.25, 0.3) is 0 Å². The van der Waals surface area contributed by atoms with Crippen molar-refractivity contribution in [2.24, 2.45) is 0 Å². The highest BCUT2D eigenvalue weighted by molar-refractivity contribution is 8.71. The Morgan fingerprint density at radius 2 is 1.47 bits per heavy atom. The summed E-state index contributed by atoms with van der Waals surface area (Å²) in [6, 6.07) is 17.4. The molecule has 0 saturated carbocycles. The van der Waals surface area contributed by atoms with E-state index in [1.165, 1.54) is 0 Å². The first-order chi connectivity index (χ1) is 8.59. The first-order valence-electron chi connectivity index (χ1n) is 5.63. The zero-order valence-corrected chi connectivity index (χ0v) is 10.6. The maximum absolute atomic E-state index is 12.1. The number of rotatable bonds is 4. The van der Waals surface area contributed by atoms with Crippen LogP contribution in [0.1, 0.15) is 6.93 Å². The van der Waals surface area contributed by atoms with Crippen molar-refractivity contribution >= 4 is 19.7 Å². The van der Waals surface area contributed by atoms with Gasteiger partial charge in [0.1, 0.15) is 0 Å². The SMILES string of the molecule is [2H][C@H](c1ccccc1)S(=O)(=O)Sc1ccccc1. The zero-order chi connectivity index (χ0) is 13.0. The van der Waals surface area contributed by atoms with Gasteiger partial charge in [-0.1, -0.05) is 48.5 Å². The molecule has 2 rings (SSSR count). The van der Waals surface area contributed by atoms with Gasteiger partial charge in [0.15, 0.2) is 0 Å². The summed E-state index contributed by atoms with van der Waals surface area (Å²) in [5.41, 5.74) is -0.773. The molecule has 0 heterocycles. The Hall–Kier alpha value is -1.26. The Morgan fingerprint density at radius 3 is 2.06 bits per heavy atom. The predicted molar refractivity (Wildman–Crippen MR) is 71.4 cm³/mol. The van der Waals surface area contributed by atoms with Crippen LogP contribution >= 0.6 is 10.8 Å². The second-order valence-corrected chi connectivity index (χ2v) is 7.17. The summed E-state index contributed by atoms with van der Waals surface area (Å²) in [5.74, 6) is 0. The highest BCUT2D eigenvalue weighted by Crippen LogP contribution is 2.27. The van der Waals surface area contributed by atoms with Crippen molar-refractivity contribution in [1.29, 1.82) is 0 Å². The molecule has 0 aliphatic heterocycles. The van der Waals surface area contributed by atoms with Crippen LogP contribution in [0.2, 0.25) is 0 Å². The molecule has 0 saturated heterocycles. The zero-order valence-electron chi connectivity index (χ0n) is 9.98. The van der Waals surface area contributed by atoms with Gasteiger partial charge in [0, 0.05) is 17.1 Å². The average molecular weight is 265 g/mol. The summed E-state index contributed by atoms with van der Waals surface area (Å²) >= 11 is 0. The molecule has 88 valence electrons. The van der Waals surface area contributed by atoms with Gasteiger partial charge in [-0.15, -0.1) is 0 Å². The van der Waals surface area contributed by atoms with Crippen LogP contribution in [0.15, 0.2) is 65.6 Å². The normalized spacial score (nSPS) is 14.0. The van der Waals surface area contributed by atoms with E-state index in [1.54, 1.807) is 54.6 Å². The number of hydrogen-bond acceptors (Lipinski definition) is 3. The third-order valence-corrected chi connectivity index (χ3v) is 4.86. The van der Waals surface area contributed by atoms with Crippen molar-refractivity contribution in [1.82, 2.24) is 0 Å². The summed E-state index contributed by atoms with van der Waals surface area (Å²) in [7, 11) is -2.85. The van der Waals surface area contributed by atoms with Gasteiger partial charge in [0.25, 0.3) is 0 Å². The highest BCUT2D eigenvalue weighted by Gasteiger charge is 2.13. The molecule has 0 fully saturated rings. The van der Waals surface area contributed by atoms with E-state index < -0.39 is 14.6 Å². The molecule has 2 nitrogen and oxygen atoms in total. The fraction of sp³-hybridized carbons (Fsp3) is 0.0769. The minimum Gasteiger partial charge on any atom is -0.217 e. The largest absolute Gasteiger partial charge is 0.217 e. The molecular formula is C13H12O2S2. The van der Waals surface area contributed by atoms with Crippen LogP contribution in [0.3, 0.4) is 0 Å². The summed E-state index contributed by atoms with van der Waals surface area (Å²) in [4.78, 5) is 0.630. The van der Waals surface area contributed by atoms with Crippen LogP contribution < -0.4 is 0 Å². The van der Waals surface area contributed by atoms with E-state index in [1.807, 2.05) is 6.07 Å². The monoisotopic (exact) mass is 265 g/mol. The van der Waals surface area contributed by atoms with Gasteiger partial charge in [0.2, 0.25) is 8.87 Å². The molecule has 4 heteroatoms. The van der Waals surface area contributed by atoms with E-state index in [-0.39, 0.29) is 0 Å². The van der Waals surface area contributed by atoms with Gasteiger partial charge in [-0.3, -0.25) is 0 Å². The summed E-state index contributed by atoms with van der Waals surface area (Å²) in [5, 5.41) is 0. The molecule has 2 aromatic rings. The average Bonchev–Trinajstić information content (AvgIpc) is 2.39. The second kappa shape index (κ2) is 5.38. The first-order valence-corrected chi connectivity index (χ1v) is 7.93. The third-order valence-electron chi connectivity index (χ3n) is 2.04. The minimum atomic E-state index is -3.58. The molecule has 0 aromatic heterocycles. The van der Waals surface area contributed by atoms with E-state index in [0.717, 1.165) is 10.8 Å². The van der Waals surface area contributed by atoms with Gasteiger partial charge < -0.3 is 0 Å². The lowest BCUT2D eigenvalue weighted by Gasteiger charge is -2.03. The van der Waals surface area contributed by atoms with E-state index in [2.05, 4.69) is 0 Å². The van der Waals surface area contributed by atoms with Gasteiger partial charge in [0.05, 0.1) is 5.73 Å². The topological polar surface area (TPSA) is 34.1 Å². The number of hydrogen-bond donors (Lipinski definition) is 0. The van der Waals surface area contributed by atoms with Crippen molar-refractivity contribution in [3.63, 3.8) is 0 Å². The molecule has 0 aliphatic carbocycles. The molecule has 0 unspecified atom stereocenters. The van der Waals surface area contributed by atoms with Crippen molar-refractivity contribution in [3.8, 4) is 0 Å². The van der Waals surface area contributed by atoms with Crippen molar-refractivity contribution < 1.29 is 9.79 Å². The molecule has 0 bridgehead atoms. The van der Waals surface area contributed by atoms with E-state index >= 15 is 0 Å². The summed E-state index contributed by atoms with van der Waals surface area (Å²) < 4.78 is 32.0. The molecule has 0 aliphatic rings. The molecule has 2 aromatic carbocycles. The molecule has 0 amide bonds. The van der Waals surface area contributed by atoms with E-state index in [9.17, 15) is 8.42 Å². The molecule has 0 spiro atoms. The Balaban J connectivity index is 2.22. The molecule has 1 atom stereocenters. The Kier molecular flexibility index (Phi) is 3.44. The highest BCUT2D eigenvalue weighted by atomic mass is 33.1. The first kappa shape index (κ1) is 10.9. The van der Waals surface area contributed by atoms with Crippen LogP contribution in [-0.4, -0.2) is 8.42 Å². The minimum absolute atomic E-state index is 0.487. The lowest BCUT2D eigenvalue weighted by molar-refractivity contribution is 0.610. The van der Waals surface area contributed by atoms with E-state index in [4.69, 9.17) is 1.37 Å². The molecular weight excluding hydrogens is 252 g/mol. The van der Waals surface area contributed by atoms with Crippen LogP contribution in [0.5, 0.6) is 0 Å². The van der Waals surface area contributed by atoms with Crippen molar-refractivity contribution in [2.75, 3.05) is 0 Å². The molecule has 0 radical (unpaired) electrons. The van der Waals surface area contributed by atoms with Gasteiger partial charge in [-0.05, 0) is 17.7 Å². The fourth-order valence-electron chi connectivity index (χ4n) is 1.33. The third kappa shape index (κ3) is 3.91.